The summed E-state index contributed by atoms with van der Waals surface area (Å²) in [5, 5.41) is 0. The van der Waals surface area contributed by atoms with Gasteiger partial charge in [0, 0.05) is 0 Å². The van der Waals surface area contributed by atoms with E-state index >= 15 is 0 Å². The summed E-state index contributed by atoms with van der Waals surface area (Å²) in [7, 11) is 0. The lowest BCUT2D eigenvalue weighted by molar-refractivity contribution is 0.497. The van der Waals surface area contributed by atoms with Gasteiger partial charge in [0.05, 0.1) is 0 Å². The van der Waals surface area contributed by atoms with Gasteiger partial charge in [-0.1, -0.05) is 39.2 Å². The molecule has 0 fully saturated rings. The van der Waals surface area contributed by atoms with Gasteiger partial charge < -0.3 is 0 Å². The third kappa shape index (κ3) is 3.58. The molecule has 0 saturated heterocycles. The minimum absolute atomic E-state index is 0.375. The van der Waals surface area contributed by atoms with E-state index < -0.39 is 11.6 Å². The highest BCUT2D eigenvalue weighted by Crippen LogP contribution is 2.27. The van der Waals surface area contributed by atoms with Crippen LogP contribution in [0.1, 0.15) is 57.4 Å². The molecule has 0 saturated carbocycles. The second-order valence-electron chi connectivity index (χ2n) is 4.30. The van der Waals surface area contributed by atoms with E-state index in [1.807, 2.05) is 0 Å². The second-order valence-corrected chi connectivity index (χ2v) is 4.30. The predicted molar refractivity (Wildman–Crippen MR) is 63.5 cm³/mol. The summed E-state index contributed by atoms with van der Waals surface area (Å²) in [6.07, 6.45) is 5.47. The normalized spacial score (nSPS) is 12.8. The molecule has 2 heteroatoms. The standard InChI is InChI=1S/C14H20F2/c1-3-5-7-11(6-4-2)12-8-9-13(15)14(16)10-12/h8-11H,3-7H2,1-2H3. The quantitative estimate of drug-likeness (QED) is 0.637. The Morgan fingerprint density at radius 3 is 2.31 bits per heavy atom. The molecule has 0 bridgehead atoms. The van der Waals surface area contributed by atoms with Crippen molar-refractivity contribution >= 4 is 0 Å². The summed E-state index contributed by atoms with van der Waals surface area (Å²) in [5.41, 5.74) is 0.939. The van der Waals surface area contributed by atoms with Crippen LogP contribution < -0.4 is 0 Å². The van der Waals surface area contributed by atoms with Crippen LogP contribution in [0.3, 0.4) is 0 Å². The van der Waals surface area contributed by atoms with Gasteiger partial charge in [0.25, 0.3) is 0 Å². The van der Waals surface area contributed by atoms with E-state index in [1.165, 1.54) is 12.1 Å². The minimum Gasteiger partial charge on any atom is -0.204 e. The van der Waals surface area contributed by atoms with Crippen LogP contribution in [-0.2, 0) is 0 Å². The maximum Gasteiger partial charge on any atom is 0.159 e. The number of rotatable bonds is 6. The largest absolute Gasteiger partial charge is 0.204 e. The van der Waals surface area contributed by atoms with Gasteiger partial charge in [0.2, 0.25) is 0 Å². The predicted octanol–water partition coefficient (Wildman–Crippen LogP) is 5.04. The van der Waals surface area contributed by atoms with Crippen molar-refractivity contribution < 1.29 is 8.78 Å². The van der Waals surface area contributed by atoms with E-state index in [-0.39, 0.29) is 0 Å². The topological polar surface area (TPSA) is 0 Å². The van der Waals surface area contributed by atoms with Gasteiger partial charge in [-0.05, 0) is 36.5 Å². The second kappa shape index (κ2) is 6.62. The fourth-order valence-corrected chi connectivity index (χ4v) is 2.04. The lowest BCUT2D eigenvalue weighted by atomic mass is 9.90. The van der Waals surface area contributed by atoms with Gasteiger partial charge in [0.15, 0.2) is 11.6 Å². The molecular weight excluding hydrogens is 206 g/mol. The zero-order valence-corrected chi connectivity index (χ0v) is 10.1. The van der Waals surface area contributed by atoms with Crippen molar-refractivity contribution in [1.29, 1.82) is 0 Å². The van der Waals surface area contributed by atoms with E-state index in [4.69, 9.17) is 0 Å². The number of hydrogen-bond acceptors (Lipinski definition) is 0. The van der Waals surface area contributed by atoms with Crippen LogP contribution in [0.25, 0.3) is 0 Å². The lowest BCUT2D eigenvalue weighted by Crippen LogP contribution is -2.00. The van der Waals surface area contributed by atoms with Crippen LogP contribution in [0.4, 0.5) is 8.78 Å². The summed E-state index contributed by atoms with van der Waals surface area (Å²) in [6.45, 7) is 4.27. The highest BCUT2D eigenvalue weighted by molar-refractivity contribution is 5.21. The molecule has 90 valence electrons. The van der Waals surface area contributed by atoms with Gasteiger partial charge in [-0.3, -0.25) is 0 Å². The summed E-state index contributed by atoms with van der Waals surface area (Å²) in [5.74, 6) is -1.11. The van der Waals surface area contributed by atoms with E-state index in [9.17, 15) is 8.78 Å². The van der Waals surface area contributed by atoms with Crippen LogP contribution >= 0.6 is 0 Å². The average Bonchev–Trinajstić information content (AvgIpc) is 2.28. The third-order valence-corrected chi connectivity index (χ3v) is 2.96. The molecule has 0 aromatic heterocycles. The Hall–Kier alpha value is -0.920. The van der Waals surface area contributed by atoms with E-state index in [2.05, 4.69) is 13.8 Å². The molecule has 1 aromatic rings. The molecule has 0 spiro atoms. The first-order valence-electron chi connectivity index (χ1n) is 6.14. The molecule has 0 nitrogen and oxygen atoms in total. The van der Waals surface area contributed by atoms with Crippen LogP contribution in [0, 0.1) is 11.6 Å². The first kappa shape index (κ1) is 13.1. The van der Waals surface area contributed by atoms with Gasteiger partial charge in [-0.2, -0.15) is 0 Å². The van der Waals surface area contributed by atoms with Crippen molar-refractivity contribution in [3.05, 3.63) is 35.4 Å². The van der Waals surface area contributed by atoms with Crippen LogP contribution in [-0.4, -0.2) is 0 Å². The van der Waals surface area contributed by atoms with Crippen LogP contribution in [0.5, 0.6) is 0 Å². The molecule has 1 unspecified atom stereocenters. The van der Waals surface area contributed by atoms with Crippen molar-refractivity contribution in [3.63, 3.8) is 0 Å². The SMILES string of the molecule is CCCCC(CCC)c1ccc(F)c(F)c1. The smallest absolute Gasteiger partial charge is 0.159 e. The summed E-state index contributed by atoms with van der Waals surface area (Å²) >= 11 is 0. The third-order valence-electron chi connectivity index (χ3n) is 2.96. The molecule has 0 N–H and O–H groups in total. The van der Waals surface area contributed by atoms with Crippen molar-refractivity contribution in [3.8, 4) is 0 Å². The number of unbranched alkanes of at least 4 members (excludes halogenated alkanes) is 1. The average molecular weight is 226 g/mol. The Morgan fingerprint density at radius 1 is 1.00 bits per heavy atom. The number of benzene rings is 1. The zero-order valence-electron chi connectivity index (χ0n) is 10.1. The molecule has 0 aliphatic heterocycles. The first-order valence-corrected chi connectivity index (χ1v) is 6.14. The zero-order chi connectivity index (χ0) is 12.0. The highest BCUT2D eigenvalue weighted by atomic mass is 19.2. The van der Waals surface area contributed by atoms with Gasteiger partial charge in [-0.25, -0.2) is 8.78 Å². The first-order chi connectivity index (χ1) is 7.69. The monoisotopic (exact) mass is 226 g/mol. The maximum absolute atomic E-state index is 13.1. The molecule has 16 heavy (non-hydrogen) atoms. The lowest BCUT2D eigenvalue weighted by Gasteiger charge is -2.16. The molecule has 1 aromatic carbocycles. The minimum atomic E-state index is -0.755. The fourth-order valence-electron chi connectivity index (χ4n) is 2.04. The van der Waals surface area contributed by atoms with E-state index in [1.54, 1.807) is 6.07 Å². The molecule has 0 radical (unpaired) electrons. The van der Waals surface area contributed by atoms with Gasteiger partial charge in [0.1, 0.15) is 0 Å². The summed E-state index contributed by atoms with van der Waals surface area (Å²) in [6, 6.07) is 4.30. The molecule has 0 amide bonds. The van der Waals surface area contributed by atoms with Crippen LogP contribution in [0.2, 0.25) is 0 Å². The Balaban J connectivity index is 2.78. The number of halogens is 2. The fraction of sp³-hybridized carbons (Fsp3) is 0.571. The Kier molecular flexibility index (Phi) is 5.44. The molecular formula is C14H20F2. The molecule has 1 atom stereocenters. The van der Waals surface area contributed by atoms with E-state index in [0.717, 1.165) is 37.7 Å². The van der Waals surface area contributed by atoms with Gasteiger partial charge >= 0.3 is 0 Å². The van der Waals surface area contributed by atoms with Crippen molar-refractivity contribution in [2.75, 3.05) is 0 Å². The molecule has 0 heterocycles. The number of hydrogen-bond donors (Lipinski definition) is 0. The molecule has 0 aliphatic carbocycles. The highest BCUT2D eigenvalue weighted by Gasteiger charge is 2.12. The Labute approximate surface area is 96.7 Å². The Bertz CT molecular complexity index is 321. The van der Waals surface area contributed by atoms with Crippen molar-refractivity contribution in [2.24, 2.45) is 0 Å². The van der Waals surface area contributed by atoms with E-state index in [0.29, 0.717) is 5.92 Å². The summed E-state index contributed by atoms with van der Waals surface area (Å²) in [4.78, 5) is 0. The summed E-state index contributed by atoms with van der Waals surface area (Å²) < 4.78 is 26.0. The Morgan fingerprint density at radius 2 is 1.75 bits per heavy atom. The molecule has 0 aliphatic rings. The maximum atomic E-state index is 13.1. The van der Waals surface area contributed by atoms with Crippen LogP contribution in [0.15, 0.2) is 18.2 Å². The van der Waals surface area contributed by atoms with Crippen molar-refractivity contribution in [1.82, 2.24) is 0 Å². The molecule has 1 rings (SSSR count). The van der Waals surface area contributed by atoms with Crippen molar-refractivity contribution in [2.45, 2.75) is 51.9 Å². The van der Waals surface area contributed by atoms with Gasteiger partial charge in [-0.15, -0.1) is 0 Å².